The highest BCUT2D eigenvalue weighted by molar-refractivity contribution is 7.93. The van der Waals surface area contributed by atoms with Crippen molar-refractivity contribution >= 4 is 29.5 Å². The molecule has 0 aliphatic heterocycles. The first-order valence-corrected chi connectivity index (χ1v) is 12.2. The molecule has 0 fully saturated rings. The molecule has 3 N–H and O–H groups in total. The van der Waals surface area contributed by atoms with E-state index in [0.29, 0.717) is 0 Å². The Kier molecular flexibility index (Phi) is 8.61. The SMILES string of the molecule is CC(CS(=O)(=O)CCO)(CS(=O)(=O)CCO)CS(=O)(=O)CCO. The predicted octanol–water partition coefficient (Wildman–Crippen LogP) is -2.79. The van der Waals surface area contributed by atoms with E-state index >= 15 is 0 Å². The second kappa shape index (κ2) is 8.72. The molecule has 0 radical (unpaired) electrons. The Morgan fingerprint density at radius 2 is 0.826 bits per heavy atom. The lowest BCUT2D eigenvalue weighted by atomic mass is 9.99. The van der Waals surface area contributed by atoms with Crippen LogP contribution in [-0.2, 0) is 29.5 Å². The standard InChI is InChI=1S/C11H24O9S3/c1-11(8-21(15,16)5-2-12,9-22(17,18)6-3-13)10-23(19,20)7-4-14/h12-14H,2-10H2,1H3. The highest BCUT2D eigenvalue weighted by Crippen LogP contribution is 2.25. The summed E-state index contributed by atoms with van der Waals surface area (Å²) in [6.07, 6.45) is 0. The molecule has 0 aliphatic rings. The lowest BCUT2D eigenvalue weighted by molar-refractivity contribution is 0.318. The Morgan fingerprint density at radius 3 is 1.00 bits per heavy atom. The lowest BCUT2D eigenvalue weighted by Gasteiger charge is -2.28. The number of aliphatic hydroxyl groups excluding tert-OH is 3. The van der Waals surface area contributed by atoms with Crippen LogP contribution >= 0.6 is 0 Å². The van der Waals surface area contributed by atoms with Crippen LogP contribution < -0.4 is 0 Å². The highest BCUT2D eigenvalue weighted by atomic mass is 32.2. The zero-order valence-electron chi connectivity index (χ0n) is 12.9. The Morgan fingerprint density at radius 1 is 0.609 bits per heavy atom. The van der Waals surface area contributed by atoms with Gasteiger partial charge in [0.05, 0.1) is 54.3 Å². The van der Waals surface area contributed by atoms with Gasteiger partial charge in [-0.2, -0.15) is 0 Å². The van der Waals surface area contributed by atoms with E-state index in [2.05, 4.69) is 0 Å². The Balaban J connectivity index is 5.61. The molecule has 0 rings (SSSR count). The summed E-state index contributed by atoms with van der Waals surface area (Å²) < 4.78 is 71.3. The number of aliphatic hydroxyl groups is 3. The molecule has 0 amide bonds. The van der Waals surface area contributed by atoms with Gasteiger partial charge in [0.15, 0.2) is 29.5 Å². The first-order valence-electron chi connectivity index (χ1n) is 6.74. The highest BCUT2D eigenvalue weighted by Gasteiger charge is 2.39. The van der Waals surface area contributed by atoms with Crippen LogP contribution in [0.15, 0.2) is 0 Å². The van der Waals surface area contributed by atoms with Gasteiger partial charge in [-0.3, -0.25) is 0 Å². The Labute approximate surface area is 137 Å². The molecule has 12 heteroatoms. The molecule has 140 valence electrons. The lowest BCUT2D eigenvalue weighted by Crippen LogP contribution is -2.42. The third-order valence-corrected chi connectivity index (χ3v) is 8.74. The summed E-state index contributed by atoms with van der Waals surface area (Å²) in [6.45, 7) is -0.770. The van der Waals surface area contributed by atoms with Crippen molar-refractivity contribution in [2.75, 3.05) is 54.3 Å². The quantitative estimate of drug-likeness (QED) is 0.316. The van der Waals surface area contributed by atoms with E-state index in [9.17, 15) is 25.3 Å². The molecule has 0 unspecified atom stereocenters. The summed E-state index contributed by atoms with van der Waals surface area (Å²) >= 11 is 0. The number of sulfone groups is 3. The Hall–Kier alpha value is -0.270. The van der Waals surface area contributed by atoms with Gasteiger partial charge < -0.3 is 15.3 Å². The second-order valence-electron chi connectivity index (χ2n) is 5.76. The van der Waals surface area contributed by atoms with Crippen LogP contribution in [0.1, 0.15) is 6.92 Å². The van der Waals surface area contributed by atoms with Crippen LogP contribution in [0.25, 0.3) is 0 Å². The molecule has 0 aliphatic carbocycles. The van der Waals surface area contributed by atoms with Crippen LogP contribution in [0.3, 0.4) is 0 Å². The van der Waals surface area contributed by atoms with Crippen molar-refractivity contribution in [1.82, 2.24) is 0 Å². The fraction of sp³-hybridized carbons (Fsp3) is 1.00. The summed E-state index contributed by atoms with van der Waals surface area (Å²) in [7, 11) is -11.6. The summed E-state index contributed by atoms with van der Waals surface area (Å²) in [4.78, 5) is 0. The third kappa shape index (κ3) is 9.57. The minimum Gasteiger partial charge on any atom is -0.395 e. The molecule has 0 bridgehead atoms. The molecule has 0 saturated carbocycles. The third-order valence-electron chi connectivity index (χ3n) is 2.91. The number of hydrogen-bond acceptors (Lipinski definition) is 9. The largest absolute Gasteiger partial charge is 0.395 e. The van der Waals surface area contributed by atoms with Crippen LogP contribution in [0.2, 0.25) is 0 Å². The molecule has 9 nitrogen and oxygen atoms in total. The molecule has 0 spiro atoms. The van der Waals surface area contributed by atoms with E-state index in [1.807, 2.05) is 0 Å². The van der Waals surface area contributed by atoms with Crippen molar-refractivity contribution in [3.8, 4) is 0 Å². The summed E-state index contributed by atoms with van der Waals surface area (Å²) in [5.74, 6) is -4.05. The average Bonchev–Trinajstić information content (AvgIpc) is 2.23. The van der Waals surface area contributed by atoms with E-state index in [0.717, 1.165) is 0 Å². The van der Waals surface area contributed by atoms with Crippen molar-refractivity contribution in [2.24, 2.45) is 5.41 Å². The molecular weight excluding hydrogens is 372 g/mol. The van der Waals surface area contributed by atoms with E-state index in [1.165, 1.54) is 6.92 Å². The fourth-order valence-corrected chi connectivity index (χ4v) is 7.80. The van der Waals surface area contributed by atoms with E-state index in [4.69, 9.17) is 15.3 Å². The van der Waals surface area contributed by atoms with Gasteiger partial charge in [-0.05, 0) is 0 Å². The maximum absolute atomic E-state index is 11.9. The average molecular weight is 397 g/mol. The number of rotatable bonds is 12. The predicted molar refractivity (Wildman–Crippen MR) is 85.3 cm³/mol. The minimum atomic E-state index is -3.87. The molecule has 0 heterocycles. The van der Waals surface area contributed by atoms with Gasteiger partial charge >= 0.3 is 0 Å². The van der Waals surface area contributed by atoms with Gasteiger partial charge in [0.1, 0.15) is 0 Å². The summed E-state index contributed by atoms with van der Waals surface area (Å²) in [5, 5.41) is 26.3. The van der Waals surface area contributed by atoms with Crippen molar-refractivity contribution in [3.05, 3.63) is 0 Å². The van der Waals surface area contributed by atoms with Gasteiger partial charge in [0, 0.05) is 5.41 Å². The van der Waals surface area contributed by atoms with Crippen LogP contribution in [0.5, 0.6) is 0 Å². The van der Waals surface area contributed by atoms with Crippen molar-refractivity contribution in [1.29, 1.82) is 0 Å². The van der Waals surface area contributed by atoms with Gasteiger partial charge in [0.2, 0.25) is 0 Å². The minimum absolute atomic E-state index is 0.608. The van der Waals surface area contributed by atoms with Gasteiger partial charge in [-0.15, -0.1) is 0 Å². The normalized spacial score (nSPS) is 14.1. The van der Waals surface area contributed by atoms with Crippen LogP contribution in [-0.4, -0.2) is 94.9 Å². The van der Waals surface area contributed by atoms with Gasteiger partial charge in [-0.1, -0.05) is 6.92 Å². The smallest absolute Gasteiger partial charge is 0.153 e. The second-order valence-corrected chi connectivity index (χ2v) is 12.3. The maximum Gasteiger partial charge on any atom is 0.153 e. The molecule has 0 atom stereocenters. The van der Waals surface area contributed by atoms with E-state index < -0.39 is 89.3 Å². The molecule has 0 aromatic rings. The maximum atomic E-state index is 11.9. The Bertz CT molecular complexity index is 568. The molecular formula is C11H24O9S3. The topological polar surface area (TPSA) is 163 Å². The fourth-order valence-electron chi connectivity index (χ4n) is 2.35. The number of hydrogen-bond donors (Lipinski definition) is 3. The molecule has 23 heavy (non-hydrogen) atoms. The molecule has 0 saturated heterocycles. The van der Waals surface area contributed by atoms with Gasteiger partial charge in [0.25, 0.3) is 0 Å². The molecule has 0 aromatic carbocycles. The zero-order valence-corrected chi connectivity index (χ0v) is 15.3. The molecule has 0 aromatic heterocycles. The summed E-state index contributed by atoms with van der Waals surface area (Å²) in [6, 6.07) is 0. The van der Waals surface area contributed by atoms with Gasteiger partial charge in [-0.25, -0.2) is 25.3 Å². The first-order chi connectivity index (χ1) is 10.3. The van der Waals surface area contributed by atoms with Crippen LogP contribution in [0.4, 0.5) is 0 Å². The van der Waals surface area contributed by atoms with Crippen LogP contribution in [0, 0.1) is 5.41 Å². The monoisotopic (exact) mass is 396 g/mol. The van der Waals surface area contributed by atoms with Crippen molar-refractivity contribution in [3.63, 3.8) is 0 Å². The van der Waals surface area contributed by atoms with Crippen molar-refractivity contribution < 1.29 is 40.6 Å². The van der Waals surface area contributed by atoms with E-state index in [-0.39, 0.29) is 0 Å². The van der Waals surface area contributed by atoms with E-state index in [1.54, 1.807) is 0 Å². The zero-order chi connectivity index (χ0) is 18.4. The first kappa shape index (κ1) is 22.7. The summed E-state index contributed by atoms with van der Waals surface area (Å²) in [5.41, 5.74) is -1.64. The van der Waals surface area contributed by atoms with Crippen molar-refractivity contribution in [2.45, 2.75) is 6.92 Å².